The van der Waals surface area contributed by atoms with Crippen molar-refractivity contribution in [1.29, 1.82) is 0 Å². The minimum atomic E-state index is 0.294. The molecule has 0 radical (unpaired) electrons. The Morgan fingerprint density at radius 3 is 1.44 bits per heavy atom. The van der Waals surface area contributed by atoms with Crippen molar-refractivity contribution in [1.82, 2.24) is 4.90 Å². The van der Waals surface area contributed by atoms with E-state index in [-0.39, 0.29) is 0 Å². The summed E-state index contributed by atoms with van der Waals surface area (Å²) in [6, 6.07) is 32.3. The van der Waals surface area contributed by atoms with Crippen LogP contribution in [-0.4, -0.2) is 10.9 Å². The van der Waals surface area contributed by atoms with E-state index in [2.05, 4.69) is 109 Å². The zero-order valence-electron chi connectivity index (χ0n) is 14.6. The van der Waals surface area contributed by atoms with Gasteiger partial charge in [0.2, 0.25) is 0 Å². The molecule has 0 saturated carbocycles. The maximum absolute atomic E-state index is 4.12. The number of hydrogen-bond acceptors (Lipinski definition) is 1. The van der Waals surface area contributed by atoms with E-state index in [0.717, 1.165) is 19.5 Å². The van der Waals surface area contributed by atoms with Crippen LogP contribution < -0.4 is 0 Å². The van der Waals surface area contributed by atoms with E-state index in [1.807, 2.05) is 0 Å². The second-order valence-electron chi connectivity index (χ2n) is 6.37. The molecule has 1 nitrogen and oxygen atoms in total. The summed E-state index contributed by atoms with van der Waals surface area (Å²) in [5, 5.41) is 0. The fourth-order valence-corrected chi connectivity index (χ4v) is 3.14. The van der Waals surface area contributed by atoms with Gasteiger partial charge >= 0.3 is 0 Å². The highest BCUT2D eigenvalue weighted by Crippen LogP contribution is 2.17. The summed E-state index contributed by atoms with van der Waals surface area (Å²) in [7, 11) is 0. The molecule has 126 valence electrons. The molecule has 0 N–H and O–H groups in total. The normalized spacial score (nSPS) is 12.0. The first-order chi connectivity index (χ1) is 12.3. The molecular weight excluding hydrogens is 302 g/mol. The molecule has 3 aromatic rings. The lowest BCUT2D eigenvalue weighted by Gasteiger charge is -2.30. The van der Waals surface area contributed by atoms with Crippen LogP contribution >= 0.6 is 0 Å². The minimum absolute atomic E-state index is 0.294. The molecule has 0 fully saturated rings. The van der Waals surface area contributed by atoms with Crippen LogP contribution in [0.5, 0.6) is 0 Å². The summed E-state index contributed by atoms with van der Waals surface area (Å²) in [5.74, 6) is 0. The topological polar surface area (TPSA) is 3.24 Å². The quantitative estimate of drug-likeness (QED) is 0.495. The van der Waals surface area contributed by atoms with Crippen molar-refractivity contribution < 1.29 is 0 Å². The molecule has 0 heterocycles. The van der Waals surface area contributed by atoms with Gasteiger partial charge in [-0.05, 0) is 23.1 Å². The van der Waals surface area contributed by atoms with E-state index in [1.54, 1.807) is 0 Å². The summed E-state index contributed by atoms with van der Waals surface area (Å²) in [4.78, 5) is 2.50. The van der Waals surface area contributed by atoms with Crippen molar-refractivity contribution in [2.24, 2.45) is 0 Å². The van der Waals surface area contributed by atoms with E-state index < -0.39 is 0 Å². The highest BCUT2D eigenvalue weighted by molar-refractivity contribution is 5.20. The van der Waals surface area contributed by atoms with Gasteiger partial charge in [-0.25, -0.2) is 0 Å². The molecule has 3 aromatic carbocycles. The third-order valence-corrected chi connectivity index (χ3v) is 4.49. The molecule has 0 aromatic heterocycles. The molecule has 3 rings (SSSR count). The molecule has 0 amide bonds. The Balaban J connectivity index is 1.81. The molecular formula is C24H25N. The fraction of sp³-hybridized carbons (Fsp3) is 0.167. The van der Waals surface area contributed by atoms with Gasteiger partial charge in [-0.3, -0.25) is 4.90 Å². The zero-order chi connectivity index (χ0) is 17.3. The standard InChI is InChI=1S/C24H25N/c1-2-24(18-21-12-6-3-7-13-21)25(19-22-14-8-4-9-15-22)20-23-16-10-5-11-17-23/h2-17,24H,1,18-20H2/t24-/m1/s1. The molecule has 0 spiro atoms. The van der Waals surface area contributed by atoms with E-state index in [1.165, 1.54) is 16.7 Å². The van der Waals surface area contributed by atoms with Crippen molar-refractivity contribution in [2.45, 2.75) is 25.6 Å². The van der Waals surface area contributed by atoms with Gasteiger partial charge in [-0.2, -0.15) is 0 Å². The molecule has 0 aliphatic carbocycles. The predicted molar refractivity (Wildman–Crippen MR) is 106 cm³/mol. The molecule has 1 atom stereocenters. The van der Waals surface area contributed by atoms with Gasteiger partial charge in [0.05, 0.1) is 0 Å². The third-order valence-electron chi connectivity index (χ3n) is 4.49. The van der Waals surface area contributed by atoms with Crippen LogP contribution in [0.3, 0.4) is 0 Å². The van der Waals surface area contributed by atoms with Crippen molar-refractivity contribution in [3.63, 3.8) is 0 Å². The summed E-state index contributed by atoms with van der Waals surface area (Å²) in [6.45, 7) is 5.95. The first kappa shape index (κ1) is 17.2. The smallest absolute Gasteiger partial charge is 0.0323 e. The van der Waals surface area contributed by atoms with Crippen LogP contribution in [0.15, 0.2) is 104 Å². The SMILES string of the molecule is C=C[C@H](Cc1ccccc1)N(Cc1ccccc1)Cc1ccccc1. The molecule has 0 aliphatic heterocycles. The van der Waals surface area contributed by atoms with Gasteiger partial charge in [0.15, 0.2) is 0 Å². The number of nitrogens with zero attached hydrogens (tertiary/aromatic N) is 1. The van der Waals surface area contributed by atoms with Gasteiger partial charge in [0.1, 0.15) is 0 Å². The Morgan fingerprint density at radius 2 is 1.04 bits per heavy atom. The highest BCUT2D eigenvalue weighted by atomic mass is 15.1. The first-order valence-electron chi connectivity index (χ1n) is 8.83. The van der Waals surface area contributed by atoms with Crippen LogP contribution in [0.2, 0.25) is 0 Å². The largest absolute Gasteiger partial charge is 0.288 e. The van der Waals surface area contributed by atoms with Gasteiger partial charge in [0, 0.05) is 19.1 Å². The fourth-order valence-electron chi connectivity index (χ4n) is 3.14. The second kappa shape index (κ2) is 9.00. The van der Waals surface area contributed by atoms with Gasteiger partial charge in [0.25, 0.3) is 0 Å². The second-order valence-corrected chi connectivity index (χ2v) is 6.37. The number of rotatable bonds is 8. The highest BCUT2D eigenvalue weighted by Gasteiger charge is 2.17. The van der Waals surface area contributed by atoms with Crippen LogP contribution in [0.25, 0.3) is 0 Å². The molecule has 0 unspecified atom stereocenters. The molecule has 25 heavy (non-hydrogen) atoms. The van der Waals surface area contributed by atoms with Crippen molar-refractivity contribution in [2.75, 3.05) is 0 Å². The number of hydrogen-bond donors (Lipinski definition) is 0. The summed E-state index contributed by atoms with van der Waals surface area (Å²) in [6.07, 6.45) is 3.06. The lowest BCUT2D eigenvalue weighted by molar-refractivity contribution is 0.210. The van der Waals surface area contributed by atoms with Crippen LogP contribution in [0.1, 0.15) is 16.7 Å². The van der Waals surface area contributed by atoms with Gasteiger partial charge in [-0.1, -0.05) is 97.1 Å². The summed E-state index contributed by atoms with van der Waals surface area (Å²) in [5.41, 5.74) is 4.01. The molecule has 1 heteroatoms. The molecule has 0 saturated heterocycles. The number of benzene rings is 3. The van der Waals surface area contributed by atoms with E-state index in [4.69, 9.17) is 0 Å². The summed E-state index contributed by atoms with van der Waals surface area (Å²) < 4.78 is 0. The van der Waals surface area contributed by atoms with E-state index in [0.29, 0.717) is 6.04 Å². The predicted octanol–water partition coefficient (Wildman–Crippen LogP) is 5.49. The van der Waals surface area contributed by atoms with Crippen LogP contribution in [0.4, 0.5) is 0 Å². The van der Waals surface area contributed by atoms with Crippen LogP contribution in [0, 0.1) is 0 Å². The van der Waals surface area contributed by atoms with Crippen molar-refractivity contribution in [3.8, 4) is 0 Å². The molecule has 0 bridgehead atoms. The third kappa shape index (κ3) is 5.17. The monoisotopic (exact) mass is 327 g/mol. The molecule has 0 aliphatic rings. The lowest BCUT2D eigenvalue weighted by atomic mass is 10.0. The maximum Gasteiger partial charge on any atom is 0.0323 e. The Bertz CT molecular complexity index is 708. The van der Waals surface area contributed by atoms with Gasteiger partial charge in [-0.15, -0.1) is 6.58 Å². The Morgan fingerprint density at radius 1 is 0.640 bits per heavy atom. The van der Waals surface area contributed by atoms with Crippen LogP contribution in [-0.2, 0) is 19.5 Å². The Hall–Kier alpha value is -2.64. The maximum atomic E-state index is 4.12. The lowest BCUT2D eigenvalue weighted by Crippen LogP contribution is -2.34. The van der Waals surface area contributed by atoms with E-state index in [9.17, 15) is 0 Å². The van der Waals surface area contributed by atoms with Gasteiger partial charge < -0.3 is 0 Å². The van der Waals surface area contributed by atoms with Crippen molar-refractivity contribution in [3.05, 3.63) is 120 Å². The van der Waals surface area contributed by atoms with Crippen molar-refractivity contribution >= 4 is 0 Å². The summed E-state index contributed by atoms with van der Waals surface area (Å²) >= 11 is 0. The zero-order valence-corrected chi connectivity index (χ0v) is 14.6. The van der Waals surface area contributed by atoms with E-state index >= 15 is 0 Å². The minimum Gasteiger partial charge on any atom is -0.288 e. The Labute approximate surface area is 151 Å². The first-order valence-corrected chi connectivity index (χ1v) is 8.83. The Kier molecular flexibility index (Phi) is 6.19. The average molecular weight is 327 g/mol. The average Bonchev–Trinajstić information content (AvgIpc) is 2.68.